The van der Waals surface area contributed by atoms with Gasteiger partial charge in [-0.25, -0.2) is 0 Å². The van der Waals surface area contributed by atoms with E-state index in [2.05, 4.69) is 38.4 Å². The quantitative estimate of drug-likeness (QED) is 0.875. The van der Waals surface area contributed by atoms with Crippen LogP contribution in [0.4, 0.5) is 0 Å². The molecule has 0 amide bonds. The highest BCUT2D eigenvalue weighted by Gasteiger charge is 2.10. The average Bonchev–Trinajstić information content (AvgIpc) is 2.70. The van der Waals surface area contributed by atoms with Gasteiger partial charge in [0.05, 0.1) is 5.69 Å². The van der Waals surface area contributed by atoms with Crippen LogP contribution < -0.4 is 0 Å². The highest BCUT2D eigenvalue weighted by atomic mass is 79.9. The molecule has 1 aromatic heterocycles. The van der Waals surface area contributed by atoms with Crippen molar-refractivity contribution in [1.82, 2.24) is 20.2 Å². The summed E-state index contributed by atoms with van der Waals surface area (Å²) in [7, 11) is 0. The number of hydrogen-bond donors (Lipinski definition) is 0. The second kappa shape index (κ2) is 4.93. The third kappa shape index (κ3) is 2.25. The van der Waals surface area contributed by atoms with Crippen molar-refractivity contribution in [2.75, 3.05) is 0 Å². The molecule has 0 N–H and O–H groups in total. The van der Waals surface area contributed by atoms with Crippen molar-refractivity contribution >= 4 is 27.5 Å². The van der Waals surface area contributed by atoms with Crippen molar-refractivity contribution in [1.29, 1.82) is 0 Å². The van der Waals surface area contributed by atoms with E-state index in [0.717, 1.165) is 28.8 Å². The van der Waals surface area contributed by atoms with Gasteiger partial charge in [-0.05, 0) is 51.0 Å². The molecule has 0 unspecified atom stereocenters. The van der Waals surface area contributed by atoms with Crippen molar-refractivity contribution in [3.63, 3.8) is 0 Å². The summed E-state index contributed by atoms with van der Waals surface area (Å²) in [6, 6.07) is 5.54. The van der Waals surface area contributed by atoms with Crippen LogP contribution in [0.5, 0.6) is 0 Å². The molecule has 0 aliphatic rings. The summed E-state index contributed by atoms with van der Waals surface area (Å²) in [6.07, 6.45) is 1.84. The minimum absolute atomic E-state index is 0.663. The maximum atomic E-state index is 5.96. The number of nitrogens with zero attached hydrogens (tertiary/aromatic N) is 4. The van der Waals surface area contributed by atoms with Crippen molar-refractivity contribution in [3.8, 4) is 5.69 Å². The lowest BCUT2D eigenvalue weighted by Crippen LogP contribution is -2.03. The predicted molar refractivity (Wildman–Crippen MR) is 65.9 cm³/mol. The molecule has 0 aliphatic carbocycles. The van der Waals surface area contributed by atoms with Gasteiger partial charge in [-0.2, -0.15) is 4.68 Å². The number of aryl methyl sites for hydroxylation is 1. The number of rotatable bonds is 3. The van der Waals surface area contributed by atoms with E-state index in [9.17, 15) is 0 Å². The van der Waals surface area contributed by atoms with Crippen LogP contribution in [-0.2, 0) is 6.42 Å². The first-order valence-electron chi connectivity index (χ1n) is 4.95. The van der Waals surface area contributed by atoms with Crippen LogP contribution in [0.3, 0.4) is 0 Å². The molecule has 0 bridgehead atoms. The molecule has 0 saturated carbocycles. The largest absolute Gasteiger partial charge is 0.196 e. The molecule has 0 fully saturated rings. The third-order valence-corrected chi connectivity index (χ3v) is 3.05. The van der Waals surface area contributed by atoms with Crippen molar-refractivity contribution in [2.24, 2.45) is 0 Å². The number of hydrogen-bond acceptors (Lipinski definition) is 3. The summed E-state index contributed by atoms with van der Waals surface area (Å²) < 4.78 is 2.63. The maximum absolute atomic E-state index is 5.96. The zero-order chi connectivity index (χ0) is 11.5. The van der Waals surface area contributed by atoms with E-state index in [1.807, 2.05) is 18.2 Å². The van der Waals surface area contributed by atoms with E-state index in [0.29, 0.717) is 5.02 Å². The molecular weight excluding hydrogens is 291 g/mol. The number of tetrazole rings is 1. The Morgan fingerprint density at radius 2 is 2.25 bits per heavy atom. The smallest absolute Gasteiger partial charge is 0.156 e. The summed E-state index contributed by atoms with van der Waals surface area (Å²) in [5.41, 5.74) is 0.862. The van der Waals surface area contributed by atoms with Crippen LogP contribution in [0.25, 0.3) is 5.69 Å². The van der Waals surface area contributed by atoms with Crippen LogP contribution in [0.2, 0.25) is 5.02 Å². The first kappa shape index (κ1) is 11.5. The highest BCUT2D eigenvalue weighted by Crippen LogP contribution is 2.24. The molecule has 0 radical (unpaired) electrons. The molecule has 0 atom stereocenters. The Balaban J connectivity index is 2.49. The van der Waals surface area contributed by atoms with Gasteiger partial charge in [0.1, 0.15) is 0 Å². The molecule has 6 heteroatoms. The maximum Gasteiger partial charge on any atom is 0.156 e. The lowest BCUT2D eigenvalue weighted by Gasteiger charge is -2.06. The third-order valence-electron chi connectivity index (χ3n) is 2.14. The molecule has 4 nitrogen and oxygen atoms in total. The molecule has 1 heterocycles. The molecule has 2 rings (SSSR count). The summed E-state index contributed by atoms with van der Waals surface area (Å²) in [4.78, 5) is 0. The Morgan fingerprint density at radius 3 is 3.00 bits per heavy atom. The Labute approximate surface area is 107 Å². The van der Waals surface area contributed by atoms with E-state index in [1.54, 1.807) is 4.68 Å². The molecule has 84 valence electrons. The van der Waals surface area contributed by atoms with Gasteiger partial charge in [-0.3, -0.25) is 0 Å². The van der Waals surface area contributed by atoms with Gasteiger partial charge in [0.25, 0.3) is 0 Å². The Hall–Kier alpha value is -0.940. The number of benzene rings is 1. The zero-order valence-electron chi connectivity index (χ0n) is 8.69. The minimum atomic E-state index is 0.663. The molecule has 0 aliphatic heterocycles. The van der Waals surface area contributed by atoms with Gasteiger partial charge in [0.15, 0.2) is 5.82 Å². The second-order valence-electron chi connectivity index (χ2n) is 3.35. The Morgan fingerprint density at radius 1 is 1.44 bits per heavy atom. The number of halogens is 2. The van der Waals surface area contributed by atoms with Crippen LogP contribution in [-0.4, -0.2) is 20.2 Å². The molecule has 0 saturated heterocycles. The normalized spacial score (nSPS) is 10.7. The van der Waals surface area contributed by atoms with Crippen LogP contribution in [0.1, 0.15) is 19.2 Å². The monoisotopic (exact) mass is 300 g/mol. The van der Waals surface area contributed by atoms with Crippen LogP contribution in [0.15, 0.2) is 22.7 Å². The van der Waals surface area contributed by atoms with Crippen molar-refractivity contribution in [3.05, 3.63) is 33.5 Å². The Kier molecular flexibility index (Phi) is 3.56. The first-order valence-corrected chi connectivity index (χ1v) is 6.12. The Bertz CT molecular complexity index is 497. The van der Waals surface area contributed by atoms with Gasteiger partial charge in [-0.1, -0.05) is 18.5 Å². The molecule has 0 spiro atoms. The van der Waals surface area contributed by atoms with Crippen LogP contribution in [0, 0.1) is 0 Å². The van der Waals surface area contributed by atoms with E-state index < -0.39 is 0 Å². The fraction of sp³-hybridized carbons (Fsp3) is 0.300. The van der Waals surface area contributed by atoms with Gasteiger partial charge >= 0.3 is 0 Å². The van der Waals surface area contributed by atoms with Gasteiger partial charge in [0.2, 0.25) is 0 Å². The fourth-order valence-electron chi connectivity index (χ4n) is 1.42. The van der Waals surface area contributed by atoms with Crippen molar-refractivity contribution < 1.29 is 0 Å². The summed E-state index contributed by atoms with van der Waals surface area (Å²) in [6.45, 7) is 2.09. The standard InChI is InChI=1S/C10H10BrClN4/c1-2-3-10-13-14-15-16(10)9-6-7(12)4-5-8(9)11/h4-6H,2-3H2,1H3. The summed E-state index contributed by atoms with van der Waals surface area (Å²) in [5.74, 6) is 0.838. The molecule has 2 aromatic rings. The number of aromatic nitrogens is 4. The first-order chi connectivity index (χ1) is 7.72. The van der Waals surface area contributed by atoms with Gasteiger partial charge in [0, 0.05) is 15.9 Å². The average molecular weight is 302 g/mol. The predicted octanol–water partition coefficient (Wildman–Crippen LogP) is 3.03. The fourth-order valence-corrected chi connectivity index (χ4v) is 2.00. The minimum Gasteiger partial charge on any atom is -0.196 e. The van der Waals surface area contributed by atoms with Gasteiger partial charge < -0.3 is 0 Å². The SMILES string of the molecule is CCCc1nnnn1-c1cc(Cl)ccc1Br. The van der Waals surface area contributed by atoms with Crippen molar-refractivity contribution in [2.45, 2.75) is 19.8 Å². The van der Waals surface area contributed by atoms with E-state index in [1.165, 1.54) is 0 Å². The summed E-state index contributed by atoms with van der Waals surface area (Å²) >= 11 is 9.42. The zero-order valence-corrected chi connectivity index (χ0v) is 11.0. The van der Waals surface area contributed by atoms with E-state index in [4.69, 9.17) is 11.6 Å². The van der Waals surface area contributed by atoms with E-state index in [-0.39, 0.29) is 0 Å². The summed E-state index contributed by atoms with van der Waals surface area (Å²) in [5, 5.41) is 12.3. The molecular formula is C10H10BrClN4. The van der Waals surface area contributed by atoms with Crippen LogP contribution >= 0.6 is 27.5 Å². The van der Waals surface area contributed by atoms with Gasteiger partial charge in [-0.15, -0.1) is 5.10 Å². The topological polar surface area (TPSA) is 43.6 Å². The molecule has 16 heavy (non-hydrogen) atoms. The lowest BCUT2D eigenvalue weighted by molar-refractivity contribution is 0.743. The lowest BCUT2D eigenvalue weighted by atomic mass is 10.3. The molecule has 1 aromatic carbocycles. The van der Waals surface area contributed by atoms with E-state index >= 15 is 0 Å². The highest BCUT2D eigenvalue weighted by molar-refractivity contribution is 9.10. The second-order valence-corrected chi connectivity index (χ2v) is 4.64.